The Morgan fingerprint density at radius 2 is 1.89 bits per heavy atom. The quantitative estimate of drug-likeness (QED) is 0.701. The van der Waals surface area contributed by atoms with Crippen LogP contribution < -0.4 is 5.73 Å². The zero-order valence-corrected chi connectivity index (χ0v) is 12.3. The first-order valence-electron chi connectivity index (χ1n) is 6.24. The van der Waals surface area contributed by atoms with Crippen molar-refractivity contribution in [3.8, 4) is 0 Å². The Morgan fingerprint density at radius 3 is 2.74 bits per heavy atom. The summed E-state index contributed by atoms with van der Waals surface area (Å²) in [5.74, 6) is 0. The highest BCUT2D eigenvalue weighted by molar-refractivity contribution is 9.10. The lowest BCUT2D eigenvalue weighted by molar-refractivity contribution is 0.833. The second kappa shape index (κ2) is 4.74. The fourth-order valence-electron chi connectivity index (χ4n) is 2.42. The average molecular weight is 315 g/mol. The fraction of sp³-hybridized carbons (Fsp3) is 0.125. The summed E-state index contributed by atoms with van der Waals surface area (Å²) < 4.78 is 3.24. The number of rotatable bonds is 2. The molecule has 2 N–H and O–H groups in total. The minimum Gasteiger partial charge on any atom is -0.398 e. The van der Waals surface area contributed by atoms with Crippen LogP contribution in [0.4, 0.5) is 5.69 Å². The number of anilines is 1. The molecule has 0 saturated heterocycles. The van der Waals surface area contributed by atoms with E-state index in [0.29, 0.717) is 0 Å². The molecule has 0 atom stereocenters. The number of hydrogen-bond acceptors (Lipinski definition) is 1. The Balaban J connectivity index is 2.07. The monoisotopic (exact) mass is 314 g/mol. The van der Waals surface area contributed by atoms with Crippen LogP contribution in [0.1, 0.15) is 11.1 Å². The van der Waals surface area contributed by atoms with E-state index in [0.717, 1.165) is 16.7 Å². The number of nitrogens with two attached hydrogens (primary N) is 1. The number of fused-ring (bicyclic) bond motifs is 1. The van der Waals surface area contributed by atoms with Gasteiger partial charge in [0.1, 0.15) is 0 Å². The van der Waals surface area contributed by atoms with Crippen molar-refractivity contribution in [1.29, 1.82) is 0 Å². The molecule has 3 heteroatoms. The number of benzene rings is 2. The smallest absolute Gasteiger partial charge is 0.0488 e. The topological polar surface area (TPSA) is 30.9 Å². The maximum absolute atomic E-state index is 5.93. The van der Waals surface area contributed by atoms with Gasteiger partial charge < -0.3 is 10.3 Å². The molecule has 0 fully saturated rings. The average Bonchev–Trinajstić information content (AvgIpc) is 2.80. The molecule has 96 valence electrons. The van der Waals surface area contributed by atoms with Crippen LogP contribution >= 0.6 is 15.9 Å². The SMILES string of the molecule is Cc1cccc2c1ccn2Cc1cccc(N)c1Br. The van der Waals surface area contributed by atoms with Gasteiger partial charge in [0.2, 0.25) is 0 Å². The van der Waals surface area contributed by atoms with Crippen molar-refractivity contribution in [1.82, 2.24) is 4.57 Å². The number of halogens is 1. The molecule has 3 rings (SSSR count). The van der Waals surface area contributed by atoms with Gasteiger partial charge in [0.05, 0.1) is 0 Å². The maximum Gasteiger partial charge on any atom is 0.0488 e. The number of aromatic nitrogens is 1. The third kappa shape index (κ3) is 2.15. The predicted octanol–water partition coefficient (Wildman–Crippen LogP) is 4.34. The Morgan fingerprint density at radius 1 is 1.11 bits per heavy atom. The highest BCUT2D eigenvalue weighted by Gasteiger charge is 2.07. The minimum absolute atomic E-state index is 0.783. The molecule has 0 aliphatic heterocycles. The van der Waals surface area contributed by atoms with Crippen molar-refractivity contribution in [2.45, 2.75) is 13.5 Å². The van der Waals surface area contributed by atoms with Crippen LogP contribution in [0.25, 0.3) is 10.9 Å². The van der Waals surface area contributed by atoms with Crippen LogP contribution in [0.2, 0.25) is 0 Å². The molecule has 2 aromatic carbocycles. The van der Waals surface area contributed by atoms with Crippen molar-refractivity contribution in [3.63, 3.8) is 0 Å². The van der Waals surface area contributed by atoms with Crippen molar-refractivity contribution in [2.24, 2.45) is 0 Å². The van der Waals surface area contributed by atoms with Crippen LogP contribution in [0.3, 0.4) is 0 Å². The van der Waals surface area contributed by atoms with E-state index in [9.17, 15) is 0 Å². The molecule has 0 bridgehead atoms. The molecule has 1 aromatic heterocycles. The minimum atomic E-state index is 0.783. The number of aryl methyl sites for hydroxylation is 1. The second-order valence-electron chi connectivity index (χ2n) is 4.77. The van der Waals surface area contributed by atoms with E-state index in [2.05, 4.69) is 63.9 Å². The van der Waals surface area contributed by atoms with Crippen molar-refractivity contribution >= 4 is 32.5 Å². The second-order valence-corrected chi connectivity index (χ2v) is 5.56. The van der Waals surface area contributed by atoms with E-state index < -0.39 is 0 Å². The molecule has 0 aliphatic rings. The van der Waals surface area contributed by atoms with Crippen molar-refractivity contribution in [3.05, 3.63) is 64.3 Å². The molecule has 0 aliphatic carbocycles. The Hall–Kier alpha value is -1.74. The lowest BCUT2D eigenvalue weighted by atomic mass is 10.1. The molecule has 2 nitrogen and oxygen atoms in total. The van der Waals surface area contributed by atoms with Gasteiger partial charge in [-0.15, -0.1) is 0 Å². The summed E-state index contributed by atoms with van der Waals surface area (Å²) in [7, 11) is 0. The highest BCUT2D eigenvalue weighted by atomic mass is 79.9. The van der Waals surface area contributed by atoms with Crippen LogP contribution in [0, 0.1) is 6.92 Å². The largest absolute Gasteiger partial charge is 0.398 e. The third-order valence-corrected chi connectivity index (χ3v) is 4.45. The number of nitrogen functional groups attached to an aromatic ring is 1. The summed E-state index contributed by atoms with van der Waals surface area (Å²) in [6.45, 7) is 2.96. The maximum atomic E-state index is 5.93. The number of nitrogens with zero attached hydrogens (tertiary/aromatic N) is 1. The molecule has 0 unspecified atom stereocenters. The molecule has 0 saturated carbocycles. The normalized spacial score (nSPS) is 11.1. The molecular formula is C16H15BrN2. The molecule has 0 spiro atoms. The van der Waals surface area contributed by atoms with Gasteiger partial charge in [0.25, 0.3) is 0 Å². The summed E-state index contributed by atoms with van der Waals surface area (Å²) in [6, 6.07) is 14.6. The van der Waals surface area contributed by atoms with Crippen LogP contribution in [-0.4, -0.2) is 4.57 Å². The van der Waals surface area contributed by atoms with Gasteiger partial charge in [0.15, 0.2) is 0 Å². The van der Waals surface area contributed by atoms with E-state index in [4.69, 9.17) is 5.73 Å². The standard InChI is InChI=1S/C16H15BrN2/c1-11-4-2-7-15-13(11)8-9-19(15)10-12-5-3-6-14(18)16(12)17/h2-9H,10,18H2,1H3. The number of hydrogen-bond donors (Lipinski definition) is 1. The first-order chi connectivity index (χ1) is 9.16. The van der Waals surface area contributed by atoms with E-state index in [-0.39, 0.29) is 0 Å². The van der Waals surface area contributed by atoms with E-state index in [1.807, 2.05) is 12.1 Å². The van der Waals surface area contributed by atoms with Gasteiger partial charge in [-0.1, -0.05) is 24.3 Å². The van der Waals surface area contributed by atoms with Gasteiger partial charge in [0, 0.05) is 33.8 Å². The Kier molecular flexibility index (Phi) is 3.07. The van der Waals surface area contributed by atoms with Gasteiger partial charge >= 0.3 is 0 Å². The molecular weight excluding hydrogens is 300 g/mol. The Labute approximate surface area is 121 Å². The first kappa shape index (κ1) is 12.3. The van der Waals surface area contributed by atoms with Crippen molar-refractivity contribution in [2.75, 3.05) is 5.73 Å². The molecule has 3 aromatic rings. The summed E-state index contributed by atoms with van der Waals surface area (Å²) >= 11 is 3.57. The van der Waals surface area contributed by atoms with Gasteiger partial charge in [-0.05, 0) is 52.2 Å². The van der Waals surface area contributed by atoms with Gasteiger partial charge in [-0.2, -0.15) is 0 Å². The zero-order chi connectivity index (χ0) is 13.4. The van der Waals surface area contributed by atoms with Gasteiger partial charge in [-0.3, -0.25) is 0 Å². The summed E-state index contributed by atoms with van der Waals surface area (Å²) in [5, 5.41) is 1.31. The lowest BCUT2D eigenvalue weighted by Gasteiger charge is -2.09. The predicted molar refractivity (Wildman–Crippen MR) is 84.3 cm³/mol. The zero-order valence-electron chi connectivity index (χ0n) is 10.7. The van der Waals surface area contributed by atoms with E-state index >= 15 is 0 Å². The summed E-state index contributed by atoms with van der Waals surface area (Å²) in [4.78, 5) is 0. The highest BCUT2D eigenvalue weighted by Crippen LogP contribution is 2.26. The van der Waals surface area contributed by atoms with Gasteiger partial charge in [-0.25, -0.2) is 0 Å². The summed E-state index contributed by atoms with van der Waals surface area (Å²) in [6.07, 6.45) is 2.13. The lowest BCUT2D eigenvalue weighted by Crippen LogP contribution is -2.00. The molecule has 0 amide bonds. The third-order valence-electron chi connectivity index (χ3n) is 3.48. The van der Waals surface area contributed by atoms with Crippen LogP contribution in [0.5, 0.6) is 0 Å². The van der Waals surface area contributed by atoms with Crippen molar-refractivity contribution < 1.29 is 0 Å². The van der Waals surface area contributed by atoms with Crippen LogP contribution in [0.15, 0.2) is 53.1 Å². The molecule has 19 heavy (non-hydrogen) atoms. The summed E-state index contributed by atoms with van der Waals surface area (Å²) in [5.41, 5.74) is 10.5. The van der Waals surface area contributed by atoms with E-state index in [1.54, 1.807) is 0 Å². The van der Waals surface area contributed by atoms with Crippen LogP contribution in [-0.2, 0) is 6.54 Å². The molecule has 0 radical (unpaired) electrons. The Bertz CT molecular complexity index is 744. The fourth-order valence-corrected chi connectivity index (χ4v) is 2.81. The first-order valence-corrected chi connectivity index (χ1v) is 7.03. The van der Waals surface area contributed by atoms with E-state index in [1.165, 1.54) is 22.0 Å². The molecule has 1 heterocycles.